The van der Waals surface area contributed by atoms with Crippen molar-refractivity contribution in [3.8, 4) is 6.07 Å². The van der Waals surface area contributed by atoms with Crippen LogP contribution in [0.1, 0.15) is 35.8 Å². The van der Waals surface area contributed by atoms with Crippen molar-refractivity contribution in [1.29, 1.82) is 5.26 Å². The molecule has 21 heavy (non-hydrogen) atoms. The highest BCUT2D eigenvalue weighted by Gasteiger charge is 2.31. The third-order valence-electron chi connectivity index (χ3n) is 3.83. The molecule has 1 aromatic carbocycles. The van der Waals surface area contributed by atoms with E-state index >= 15 is 0 Å². The van der Waals surface area contributed by atoms with Gasteiger partial charge in [0.25, 0.3) is 0 Å². The lowest BCUT2D eigenvalue weighted by molar-refractivity contribution is 0.1000. The molecule has 0 bridgehead atoms. The second-order valence-electron chi connectivity index (χ2n) is 5.49. The van der Waals surface area contributed by atoms with Crippen LogP contribution in [0.15, 0.2) is 47.1 Å². The van der Waals surface area contributed by atoms with Gasteiger partial charge in [0.1, 0.15) is 5.76 Å². The smallest absolute Gasteiger partial charge is 0.117 e. The molecule has 1 saturated carbocycles. The van der Waals surface area contributed by atoms with E-state index in [0.717, 1.165) is 17.9 Å². The summed E-state index contributed by atoms with van der Waals surface area (Å²) in [5, 5.41) is 19.2. The standard InChI is InChI=1S/C17H18N2O2/c18-10-13-3-5-14(6-4-13)17(20)12-19(15-7-8-15)11-16-2-1-9-21-16/h1-6,9,15,17,20H,7-8,11-12H2. The second kappa shape index (κ2) is 6.13. The first-order valence-electron chi connectivity index (χ1n) is 7.21. The van der Waals surface area contributed by atoms with Gasteiger partial charge in [-0.05, 0) is 42.7 Å². The fourth-order valence-corrected chi connectivity index (χ4v) is 2.49. The topological polar surface area (TPSA) is 60.4 Å². The molecule has 0 saturated heterocycles. The molecule has 4 heteroatoms. The van der Waals surface area contributed by atoms with Crippen molar-refractivity contribution in [2.24, 2.45) is 0 Å². The first-order chi connectivity index (χ1) is 10.3. The Morgan fingerprint density at radius 1 is 1.29 bits per heavy atom. The fraction of sp³-hybridized carbons (Fsp3) is 0.353. The molecule has 1 aromatic heterocycles. The second-order valence-corrected chi connectivity index (χ2v) is 5.49. The molecule has 4 nitrogen and oxygen atoms in total. The zero-order valence-electron chi connectivity index (χ0n) is 11.8. The third kappa shape index (κ3) is 3.52. The molecule has 1 heterocycles. The molecule has 1 aliphatic rings. The van der Waals surface area contributed by atoms with Crippen molar-refractivity contribution in [3.63, 3.8) is 0 Å². The summed E-state index contributed by atoms with van der Waals surface area (Å²) in [6, 6.07) is 13.6. The van der Waals surface area contributed by atoms with Gasteiger partial charge in [0.05, 0.1) is 30.5 Å². The van der Waals surface area contributed by atoms with Gasteiger partial charge >= 0.3 is 0 Å². The summed E-state index contributed by atoms with van der Waals surface area (Å²) in [5.74, 6) is 0.925. The highest BCUT2D eigenvalue weighted by atomic mass is 16.3. The van der Waals surface area contributed by atoms with Gasteiger partial charge in [-0.2, -0.15) is 5.26 Å². The lowest BCUT2D eigenvalue weighted by atomic mass is 10.1. The van der Waals surface area contributed by atoms with Crippen molar-refractivity contribution >= 4 is 0 Å². The Hall–Kier alpha value is -2.09. The van der Waals surface area contributed by atoms with Crippen LogP contribution in [0.2, 0.25) is 0 Å². The number of nitrogens with zero attached hydrogens (tertiary/aromatic N) is 2. The number of benzene rings is 1. The predicted molar refractivity (Wildman–Crippen MR) is 78.3 cm³/mol. The Morgan fingerprint density at radius 3 is 2.62 bits per heavy atom. The van der Waals surface area contributed by atoms with Crippen LogP contribution in [-0.4, -0.2) is 22.6 Å². The van der Waals surface area contributed by atoms with E-state index in [0.29, 0.717) is 18.2 Å². The molecule has 0 aliphatic heterocycles. The van der Waals surface area contributed by atoms with Crippen LogP contribution in [0.3, 0.4) is 0 Å². The maximum absolute atomic E-state index is 10.4. The van der Waals surface area contributed by atoms with Crippen LogP contribution in [0.4, 0.5) is 0 Å². The van der Waals surface area contributed by atoms with Crippen LogP contribution in [0.25, 0.3) is 0 Å². The Bertz CT molecular complexity index is 609. The van der Waals surface area contributed by atoms with E-state index in [1.807, 2.05) is 24.3 Å². The minimum Gasteiger partial charge on any atom is -0.468 e. The van der Waals surface area contributed by atoms with E-state index < -0.39 is 6.10 Å². The van der Waals surface area contributed by atoms with Crippen molar-refractivity contribution in [1.82, 2.24) is 4.90 Å². The molecule has 0 radical (unpaired) electrons. The summed E-state index contributed by atoms with van der Waals surface area (Å²) in [5.41, 5.74) is 1.46. The van der Waals surface area contributed by atoms with Crippen LogP contribution in [0, 0.1) is 11.3 Å². The van der Waals surface area contributed by atoms with Gasteiger partial charge in [0.15, 0.2) is 0 Å². The Balaban J connectivity index is 1.65. The summed E-state index contributed by atoms with van der Waals surface area (Å²) in [6.45, 7) is 1.31. The van der Waals surface area contributed by atoms with E-state index in [1.165, 1.54) is 12.8 Å². The fourth-order valence-electron chi connectivity index (χ4n) is 2.49. The number of nitriles is 1. The lowest BCUT2D eigenvalue weighted by Gasteiger charge is -2.24. The molecular weight excluding hydrogens is 264 g/mol. The van der Waals surface area contributed by atoms with Gasteiger partial charge in [0, 0.05) is 12.6 Å². The number of aliphatic hydroxyl groups is 1. The quantitative estimate of drug-likeness (QED) is 0.885. The van der Waals surface area contributed by atoms with E-state index in [-0.39, 0.29) is 0 Å². The minimum absolute atomic E-state index is 0.545. The largest absolute Gasteiger partial charge is 0.468 e. The van der Waals surface area contributed by atoms with Gasteiger partial charge < -0.3 is 9.52 Å². The van der Waals surface area contributed by atoms with Crippen molar-refractivity contribution in [2.75, 3.05) is 6.54 Å². The van der Waals surface area contributed by atoms with E-state index in [1.54, 1.807) is 18.4 Å². The number of hydrogen-bond donors (Lipinski definition) is 1. The summed E-state index contributed by atoms with van der Waals surface area (Å²) >= 11 is 0. The molecule has 2 aromatic rings. The van der Waals surface area contributed by atoms with Gasteiger partial charge in [0.2, 0.25) is 0 Å². The first-order valence-corrected chi connectivity index (χ1v) is 7.21. The Labute approximate surface area is 124 Å². The zero-order valence-corrected chi connectivity index (χ0v) is 11.8. The Kier molecular flexibility index (Phi) is 4.05. The molecule has 0 amide bonds. The van der Waals surface area contributed by atoms with Crippen molar-refractivity contribution in [2.45, 2.75) is 31.5 Å². The molecule has 1 atom stereocenters. The molecule has 1 unspecified atom stereocenters. The SMILES string of the molecule is N#Cc1ccc(C(O)CN(Cc2ccco2)C2CC2)cc1. The minimum atomic E-state index is -0.548. The average molecular weight is 282 g/mol. The zero-order chi connectivity index (χ0) is 14.7. The number of furan rings is 1. The summed E-state index contributed by atoms with van der Waals surface area (Å²) in [7, 11) is 0. The molecule has 108 valence electrons. The van der Waals surface area contributed by atoms with Gasteiger partial charge in [-0.1, -0.05) is 12.1 Å². The summed E-state index contributed by atoms with van der Waals surface area (Å²) in [4.78, 5) is 2.27. The lowest BCUT2D eigenvalue weighted by Crippen LogP contribution is -2.30. The molecular formula is C17H18N2O2. The maximum atomic E-state index is 10.4. The van der Waals surface area contributed by atoms with E-state index in [4.69, 9.17) is 9.68 Å². The molecule has 1 N–H and O–H groups in total. The number of rotatable bonds is 6. The van der Waals surface area contributed by atoms with Gasteiger partial charge in [-0.15, -0.1) is 0 Å². The monoisotopic (exact) mass is 282 g/mol. The molecule has 1 fully saturated rings. The predicted octanol–water partition coefficient (Wildman–Crippen LogP) is 2.85. The van der Waals surface area contributed by atoms with Crippen LogP contribution >= 0.6 is 0 Å². The van der Waals surface area contributed by atoms with Crippen molar-refractivity contribution in [3.05, 3.63) is 59.5 Å². The number of aliphatic hydroxyl groups excluding tert-OH is 1. The Morgan fingerprint density at radius 2 is 2.05 bits per heavy atom. The maximum Gasteiger partial charge on any atom is 0.117 e. The molecule has 1 aliphatic carbocycles. The van der Waals surface area contributed by atoms with Crippen LogP contribution in [-0.2, 0) is 6.54 Å². The van der Waals surface area contributed by atoms with Gasteiger partial charge in [-0.25, -0.2) is 0 Å². The van der Waals surface area contributed by atoms with E-state index in [2.05, 4.69) is 11.0 Å². The normalized spacial score (nSPS) is 15.9. The van der Waals surface area contributed by atoms with Gasteiger partial charge in [-0.3, -0.25) is 4.90 Å². The molecule has 0 spiro atoms. The third-order valence-corrected chi connectivity index (χ3v) is 3.83. The highest BCUT2D eigenvalue weighted by molar-refractivity contribution is 5.32. The first kappa shape index (κ1) is 13.9. The van der Waals surface area contributed by atoms with Crippen molar-refractivity contribution < 1.29 is 9.52 Å². The van der Waals surface area contributed by atoms with E-state index in [9.17, 15) is 5.11 Å². The summed E-state index contributed by atoms with van der Waals surface area (Å²) < 4.78 is 5.40. The summed E-state index contributed by atoms with van der Waals surface area (Å²) in [6.07, 6.45) is 3.49. The van der Waals surface area contributed by atoms with Crippen LogP contribution in [0.5, 0.6) is 0 Å². The number of hydrogen-bond acceptors (Lipinski definition) is 4. The highest BCUT2D eigenvalue weighted by Crippen LogP contribution is 2.30. The molecule has 3 rings (SSSR count). The average Bonchev–Trinajstić information content (AvgIpc) is 3.24. The van der Waals surface area contributed by atoms with Crippen LogP contribution < -0.4 is 0 Å².